The molecule has 0 unspecified atom stereocenters. The number of benzene rings is 1. The van der Waals surface area contributed by atoms with Crippen LogP contribution in [0.25, 0.3) is 22.4 Å². The Kier molecular flexibility index (Phi) is 7.34. The summed E-state index contributed by atoms with van der Waals surface area (Å²) in [6.07, 6.45) is -2.86. The maximum Gasteiger partial charge on any atom is 0.331 e. The van der Waals surface area contributed by atoms with Gasteiger partial charge in [-0.1, -0.05) is 0 Å². The van der Waals surface area contributed by atoms with Gasteiger partial charge >= 0.3 is 5.97 Å². The van der Waals surface area contributed by atoms with Gasteiger partial charge in [0.25, 0.3) is 12.0 Å². The number of hydrogen-bond acceptors (Lipinski definition) is 8. The summed E-state index contributed by atoms with van der Waals surface area (Å²) in [5.74, 6) is -2.08. The Labute approximate surface area is 220 Å². The normalized spacial score (nSPS) is 11.6. The second-order valence-corrected chi connectivity index (χ2v) is 9.07. The van der Waals surface area contributed by atoms with E-state index in [1.54, 1.807) is 6.92 Å². The van der Waals surface area contributed by atoms with Gasteiger partial charge < -0.3 is 15.6 Å². The predicted molar refractivity (Wildman–Crippen MR) is 135 cm³/mol. The SMILES string of the molecule is Cc1cc(-c2c(OCc3ccc(=O)n(C(C)(C)C(=O)O)n3)nc(N)nc2-c2ccc(F)cc2)cc(C(F)F)n1. The van der Waals surface area contributed by atoms with Crippen LogP contribution >= 0.6 is 0 Å². The summed E-state index contributed by atoms with van der Waals surface area (Å²) in [5, 5.41) is 13.6. The monoisotopic (exact) mass is 540 g/mol. The van der Waals surface area contributed by atoms with Crippen LogP contribution in [0.5, 0.6) is 5.88 Å². The van der Waals surface area contributed by atoms with Crippen LogP contribution in [-0.4, -0.2) is 35.8 Å². The first kappa shape index (κ1) is 27.2. The van der Waals surface area contributed by atoms with Crippen LogP contribution in [0, 0.1) is 12.7 Å². The molecule has 13 heteroatoms. The molecule has 0 amide bonds. The molecule has 202 valence electrons. The highest BCUT2D eigenvalue weighted by Crippen LogP contribution is 2.39. The van der Waals surface area contributed by atoms with Crippen molar-refractivity contribution in [3.05, 3.63) is 81.8 Å². The summed E-state index contributed by atoms with van der Waals surface area (Å²) < 4.78 is 47.6. The summed E-state index contributed by atoms with van der Waals surface area (Å²) >= 11 is 0. The number of aliphatic carboxylic acids is 1. The largest absolute Gasteiger partial charge is 0.479 e. The van der Waals surface area contributed by atoms with Crippen molar-refractivity contribution >= 4 is 11.9 Å². The Hall–Kier alpha value is -4.81. The molecule has 3 heterocycles. The molecule has 0 atom stereocenters. The highest BCUT2D eigenvalue weighted by molar-refractivity contribution is 5.85. The number of pyridine rings is 1. The van der Waals surface area contributed by atoms with E-state index in [1.165, 1.54) is 56.3 Å². The summed E-state index contributed by atoms with van der Waals surface area (Å²) in [6, 6.07) is 10.5. The van der Waals surface area contributed by atoms with Crippen molar-refractivity contribution in [1.82, 2.24) is 24.7 Å². The number of nitrogens with zero attached hydrogens (tertiary/aromatic N) is 5. The van der Waals surface area contributed by atoms with Gasteiger partial charge in [-0.05, 0) is 68.8 Å². The fourth-order valence-electron chi connectivity index (χ4n) is 3.75. The van der Waals surface area contributed by atoms with E-state index in [4.69, 9.17) is 10.5 Å². The summed E-state index contributed by atoms with van der Waals surface area (Å²) in [5.41, 5.74) is 4.68. The lowest BCUT2D eigenvalue weighted by Gasteiger charge is -2.21. The lowest BCUT2D eigenvalue weighted by atomic mass is 9.99. The first-order valence-electron chi connectivity index (χ1n) is 11.5. The van der Waals surface area contributed by atoms with Gasteiger partial charge in [-0.2, -0.15) is 10.1 Å². The van der Waals surface area contributed by atoms with Crippen LogP contribution in [0.3, 0.4) is 0 Å². The minimum atomic E-state index is -2.86. The van der Waals surface area contributed by atoms with Crippen molar-refractivity contribution in [3.63, 3.8) is 0 Å². The quantitative estimate of drug-likeness (QED) is 0.337. The molecule has 0 radical (unpaired) electrons. The summed E-state index contributed by atoms with van der Waals surface area (Å²) in [6.45, 7) is 3.88. The van der Waals surface area contributed by atoms with Crippen LogP contribution in [0.15, 0.2) is 53.3 Å². The molecule has 0 aliphatic carbocycles. The molecule has 0 saturated carbocycles. The Morgan fingerprint density at radius 2 is 1.77 bits per heavy atom. The van der Waals surface area contributed by atoms with Gasteiger partial charge in [0.1, 0.15) is 18.1 Å². The van der Waals surface area contributed by atoms with Crippen LogP contribution in [0.1, 0.15) is 37.4 Å². The smallest absolute Gasteiger partial charge is 0.331 e. The van der Waals surface area contributed by atoms with Crippen molar-refractivity contribution in [2.45, 2.75) is 39.3 Å². The second-order valence-electron chi connectivity index (χ2n) is 9.07. The number of rotatable bonds is 8. The molecule has 0 fully saturated rings. The molecule has 0 saturated heterocycles. The number of anilines is 1. The molecule has 4 rings (SSSR count). The van der Waals surface area contributed by atoms with Gasteiger partial charge in [0.05, 0.1) is 17.0 Å². The zero-order valence-corrected chi connectivity index (χ0v) is 21.0. The van der Waals surface area contributed by atoms with Gasteiger partial charge in [0, 0.05) is 17.3 Å². The number of aromatic nitrogens is 5. The number of carboxylic acid groups (broad SMARTS) is 1. The Morgan fingerprint density at radius 1 is 1.08 bits per heavy atom. The highest BCUT2D eigenvalue weighted by atomic mass is 19.3. The lowest BCUT2D eigenvalue weighted by molar-refractivity contribution is -0.146. The highest BCUT2D eigenvalue weighted by Gasteiger charge is 2.32. The van der Waals surface area contributed by atoms with Gasteiger partial charge in [-0.15, -0.1) is 0 Å². The van der Waals surface area contributed by atoms with Gasteiger partial charge in [0.2, 0.25) is 11.8 Å². The van der Waals surface area contributed by atoms with E-state index < -0.39 is 35.0 Å². The number of hydrogen-bond donors (Lipinski definition) is 2. The fraction of sp³-hybridized carbons (Fsp3) is 0.231. The molecule has 0 bridgehead atoms. The van der Waals surface area contributed by atoms with Crippen molar-refractivity contribution in [3.8, 4) is 28.3 Å². The zero-order chi connectivity index (χ0) is 28.5. The minimum Gasteiger partial charge on any atom is -0.479 e. The molecular weight excluding hydrogens is 517 g/mol. The van der Waals surface area contributed by atoms with Gasteiger partial charge in [-0.25, -0.2) is 27.6 Å². The third-order valence-corrected chi connectivity index (χ3v) is 5.76. The molecule has 0 spiro atoms. The molecule has 1 aromatic carbocycles. The van der Waals surface area contributed by atoms with E-state index in [1.807, 2.05) is 0 Å². The maximum absolute atomic E-state index is 13.6. The Morgan fingerprint density at radius 3 is 2.41 bits per heavy atom. The number of aryl methyl sites for hydroxylation is 1. The van der Waals surface area contributed by atoms with Crippen molar-refractivity contribution < 1.29 is 27.8 Å². The standard InChI is InChI=1S/C26H23F3N6O4/c1-13-10-15(11-18(31-13)22(28)29)20-21(14-4-6-16(27)7-5-14)32-25(30)33-23(20)39-12-17-8-9-19(36)35(34-17)26(2,3)24(37)38/h4-11,22H,12H2,1-3H3,(H,37,38)(H2,30,32,33). The Bertz CT molecular complexity index is 1610. The van der Waals surface area contributed by atoms with Gasteiger partial charge in [-0.3, -0.25) is 9.78 Å². The summed E-state index contributed by atoms with van der Waals surface area (Å²) in [4.78, 5) is 36.3. The summed E-state index contributed by atoms with van der Waals surface area (Å²) in [7, 11) is 0. The molecule has 3 N–H and O–H groups in total. The van der Waals surface area contributed by atoms with E-state index in [-0.39, 0.29) is 40.9 Å². The third kappa shape index (κ3) is 5.71. The molecule has 0 aliphatic rings. The van der Waals surface area contributed by atoms with Crippen molar-refractivity contribution in [2.24, 2.45) is 0 Å². The van der Waals surface area contributed by atoms with Crippen LogP contribution in [0.2, 0.25) is 0 Å². The van der Waals surface area contributed by atoms with Crippen LogP contribution in [0.4, 0.5) is 19.1 Å². The maximum atomic E-state index is 13.6. The molecule has 4 aromatic rings. The topological polar surface area (TPSA) is 146 Å². The van der Waals surface area contributed by atoms with Crippen LogP contribution < -0.4 is 16.0 Å². The number of ether oxygens (including phenoxy) is 1. The van der Waals surface area contributed by atoms with E-state index in [2.05, 4.69) is 20.1 Å². The van der Waals surface area contributed by atoms with E-state index >= 15 is 0 Å². The predicted octanol–water partition coefficient (Wildman–Crippen LogP) is 4.13. The average Bonchev–Trinajstić information content (AvgIpc) is 2.87. The number of alkyl halides is 2. The van der Waals surface area contributed by atoms with Crippen molar-refractivity contribution in [1.29, 1.82) is 0 Å². The minimum absolute atomic E-state index is 0.107. The molecule has 39 heavy (non-hydrogen) atoms. The molecular formula is C26H23F3N6O4. The molecule has 0 aliphatic heterocycles. The average molecular weight is 541 g/mol. The zero-order valence-electron chi connectivity index (χ0n) is 21.0. The number of halogens is 3. The fourth-order valence-corrected chi connectivity index (χ4v) is 3.75. The number of carboxylic acids is 1. The Balaban J connectivity index is 1.86. The van der Waals surface area contributed by atoms with E-state index in [9.17, 15) is 27.9 Å². The molecule has 10 nitrogen and oxygen atoms in total. The van der Waals surface area contributed by atoms with Crippen LogP contribution in [-0.2, 0) is 16.9 Å². The first-order chi connectivity index (χ1) is 18.4. The molecule has 3 aromatic heterocycles. The third-order valence-electron chi connectivity index (χ3n) is 5.76. The second kappa shape index (κ2) is 10.5. The first-order valence-corrected chi connectivity index (χ1v) is 11.5. The number of carbonyl (C=O) groups is 1. The van der Waals surface area contributed by atoms with Crippen molar-refractivity contribution in [2.75, 3.05) is 5.73 Å². The number of nitrogens with two attached hydrogens (primary N) is 1. The van der Waals surface area contributed by atoms with Gasteiger partial charge in [0.15, 0.2) is 5.54 Å². The lowest BCUT2D eigenvalue weighted by Crippen LogP contribution is -2.44. The number of nitrogen functional groups attached to an aromatic ring is 1. The van der Waals surface area contributed by atoms with E-state index in [0.29, 0.717) is 11.3 Å². The van der Waals surface area contributed by atoms with E-state index in [0.717, 1.165) is 10.7 Å².